The summed E-state index contributed by atoms with van der Waals surface area (Å²) in [5.41, 5.74) is 4.09. The van der Waals surface area contributed by atoms with Crippen molar-refractivity contribution in [3.63, 3.8) is 0 Å². The number of amidine groups is 1. The van der Waals surface area contributed by atoms with Gasteiger partial charge in [-0.05, 0) is 48.9 Å². The second kappa shape index (κ2) is 8.60. The molecule has 3 rings (SSSR count). The van der Waals surface area contributed by atoms with Crippen LogP contribution in [0.4, 0.5) is 0 Å². The van der Waals surface area contributed by atoms with Gasteiger partial charge >= 0.3 is 0 Å². The zero-order valence-electron chi connectivity index (χ0n) is 18.1. The molecule has 30 heavy (non-hydrogen) atoms. The molecule has 7 heteroatoms. The van der Waals surface area contributed by atoms with Gasteiger partial charge in [-0.3, -0.25) is 14.5 Å². The third-order valence-electron chi connectivity index (χ3n) is 5.38. The molecule has 1 unspecified atom stereocenters. The van der Waals surface area contributed by atoms with Crippen LogP contribution in [-0.4, -0.2) is 32.7 Å². The Bertz CT molecular complexity index is 1090. The number of hydrogen-bond donors (Lipinski definition) is 2. The largest absolute Gasteiger partial charge is 0.354 e. The molecule has 0 bridgehead atoms. The molecule has 0 spiro atoms. The third kappa shape index (κ3) is 4.56. The predicted octanol–water partition coefficient (Wildman–Crippen LogP) is 3.29. The number of nitrogens with one attached hydrogen (secondary N) is 2. The second-order valence-corrected chi connectivity index (χ2v) is 9.93. The fourth-order valence-corrected chi connectivity index (χ4v) is 4.88. The van der Waals surface area contributed by atoms with E-state index in [2.05, 4.69) is 54.0 Å². The van der Waals surface area contributed by atoms with E-state index in [-0.39, 0.29) is 28.5 Å². The molecule has 6 nitrogen and oxygen atoms in total. The van der Waals surface area contributed by atoms with Gasteiger partial charge in [-0.15, -0.1) is 0 Å². The summed E-state index contributed by atoms with van der Waals surface area (Å²) < 4.78 is 27.1. The average Bonchev–Trinajstić information content (AvgIpc) is 2.96. The van der Waals surface area contributed by atoms with E-state index >= 15 is 0 Å². The molecule has 0 radical (unpaired) electrons. The quantitative estimate of drug-likeness (QED) is 0.742. The van der Waals surface area contributed by atoms with Crippen molar-refractivity contribution in [3.8, 4) is 0 Å². The molecule has 2 N–H and O–H groups in total. The van der Waals surface area contributed by atoms with Gasteiger partial charge in [0.25, 0.3) is 10.0 Å². The van der Waals surface area contributed by atoms with Crippen LogP contribution in [0.15, 0.2) is 52.4 Å². The van der Waals surface area contributed by atoms with Crippen LogP contribution in [0.25, 0.3) is 0 Å². The Balaban J connectivity index is 1.78. The van der Waals surface area contributed by atoms with Gasteiger partial charge in [-0.25, -0.2) is 8.42 Å². The molecule has 0 aromatic heterocycles. The van der Waals surface area contributed by atoms with Gasteiger partial charge in [-0.1, -0.05) is 56.7 Å². The molecule has 1 aliphatic heterocycles. The molecule has 0 saturated carbocycles. The molecule has 160 valence electrons. The number of aryl methyl sites for hydroxylation is 2. The van der Waals surface area contributed by atoms with Crippen LogP contribution >= 0.6 is 0 Å². The normalized spacial score (nSPS) is 18.0. The number of nitrogens with zero attached hydrogens (tertiary/aromatic N) is 1. The molecule has 1 aliphatic rings. The van der Waals surface area contributed by atoms with Crippen molar-refractivity contribution in [3.05, 3.63) is 64.7 Å². The average molecular weight is 428 g/mol. The Morgan fingerprint density at radius 2 is 1.80 bits per heavy atom. The molecular weight excluding hydrogens is 398 g/mol. The van der Waals surface area contributed by atoms with E-state index in [4.69, 9.17) is 0 Å². The van der Waals surface area contributed by atoms with E-state index in [1.54, 1.807) is 18.2 Å². The van der Waals surface area contributed by atoms with E-state index in [1.165, 1.54) is 22.8 Å². The van der Waals surface area contributed by atoms with Gasteiger partial charge in [0.1, 0.15) is 11.9 Å². The lowest BCUT2D eigenvalue weighted by molar-refractivity contribution is -0.123. The molecule has 2 aromatic carbocycles. The number of sulfonamides is 1. The Morgan fingerprint density at radius 1 is 1.10 bits per heavy atom. The first kappa shape index (κ1) is 22.0. The first-order chi connectivity index (χ1) is 14.1. The van der Waals surface area contributed by atoms with Crippen molar-refractivity contribution in [2.75, 3.05) is 6.54 Å². The molecule has 2 atom stereocenters. The van der Waals surface area contributed by atoms with Crippen LogP contribution in [0.3, 0.4) is 0 Å². The van der Waals surface area contributed by atoms with Crippen molar-refractivity contribution >= 4 is 21.8 Å². The van der Waals surface area contributed by atoms with Gasteiger partial charge in [0.2, 0.25) is 5.91 Å². The van der Waals surface area contributed by atoms with E-state index in [1.807, 2.05) is 13.8 Å². The molecule has 2 aromatic rings. The highest BCUT2D eigenvalue weighted by molar-refractivity contribution is 7.90. The smallest absolute Gasteiger partial charge is 0.263 e. The van der Waals surface area contributed by atoms with E-state index < -0.39 is 16.1 Å². The summed E-state index contributed by atoms with van der Waals surface area (Å²) in [6.07, 6.45) is 0. The van der Waals surface area contributed by atoms with Gasteiger partial charge < -0.3 is 5.32 Å². The fraction of sp³-hybridized carbons (Fsp3) is 0.391. The second-order valence-electron chi connectivity index (χ2n) is 8.27. The van der Waals surface area contributed by atoms with Gasteiger partial charge in [0.05, 0.1) is 4.90 Å². The minimum Gasteiger partial charge on any atom is -0.354 e. The van der Waals surface area contributed by atoms with Crippen LogP contribution in [0.5, 0.6) is 0 Å². The van der Waals surface area contributed by atoms with E-state index in [0.29, 0.717) is 12.1 Å². The van der Waals surface area contributed by atoms with Crippen LogP contribution in [0, 0.1) is 19.8 Å². The Kier molecular flexibility index (Phi) is 6.31. The number of rotatable bonds is 6. The van der Waals surface area contributed by atoms with Crippen molar-refractivity contribution in [1.82, 2.24) is 10.0 Å². The van der Waals surface area contributed by atoms with E-state index in [9.17, 15) is 13.2 Å². The van der Waals surface area contributed by atoms with Crippen molar-refractivity contribution in [2.45, 2.75) is 51.5 Å². The highest BCUT2D eigenvalue weighted by Crippen LogP contribution is 2.24. The minimum atomic E-state index is -3.63. The SMILES string of the molecule is Cc1ccc(C)c(C(C)CNC(=O)[C@@H](N=C2NS(=O)(=O)c3ccccc32)C(C)C)c1. The lowest BCUT2D eigenvalue weighted by Gasteiger charge is -2.20. The first-order valence-corrected chi connectivity index (χ1v) is 11.6. The lowest BCUT2D eigenvalue weighted by Crippen LogP contribution is -2.40. The van der Waals surface area contributed by atoms with E-state index in [0.717, 1.165) is 0 Å². The van der Waals surface area contributed by atoms with Gasteiger partial charge in [0.15, 0.2) is 0 Å². The van der Waals surface area contributed by atoms with Crippen molar-refractivity contribution in [1.29, 1.82) is 0 Å². The maximum Gasteiger partial charge on any atom is 0.263 e. The zero-order chi connectivity index (χ0) is 22.1. The summed E-state index contributed by atoms with van der Waals surface area (Å²) in [5.74, 6) is 0.0751. The monoisotopic (exact) mass is 427 g/mol. The maximum absolute atomic E-state index is 12.9. The number of fused-ring (bicyclic) bond motifs is 1. The molecule has 0 saturated heterocycles. The number of aliphatic imine (C=N–C) groups is 1. The number of hydrogen-bond acceptors (Lipinski definition) is 4. The van der Waals surface area contributed by atoms with Crippen LogP contribution in [0.2, 0.25) is 0 Å². The summed E-state index contributed by atoms with van der Waals surface area (Å²) in [6.45, 7) is 10.5. The standard InChI is InChI=1S/C23H29N3O3S/c1-14(2)21(25-22-18-8-6-7-9-20(18)30(28,29)26-22)23(27)24-13-17(5)19-12-15(3)10-11-16(19)4/h6-12,14,17,21H,13H2,1-5H3,(H,24,27)(H,25,26)/t17?,21-/m0/s1. The minimum absolute atomic E-state index is 0.0919. The van der Waals surface area contributed by atoms with Crippen LogP contribution in [-0.2, 0) is 14.8 Å². The predicted molar refractivity (Wildman–Crippen MR) is 119 cm³/mol. The molecular formula is C23H29N3O3S. The van der Waals surface area contributed by atoms with Crippen molar-refractivity contribution in [2.24, 2.45) is 10.9 Å². The topological polar surface area (TPSA) is 87.6 Å². The highest BCUT2D eigenvalue weighted by Gasteiger charge is 2.32. The van der Waals surface area contributed by atoms with Crippen LogP contribution in [0.1, 0.15) is 48.9 Å². The summed E-state index contributed by atoms with van der Waals surface area (Å²) in [5, 5.41) is 3.00. The number of carbonyl (C=O) groups excluding carboxylic acids is 1. The Morgan fingerprint density at radius 3 is 2.50 bits per heavy atom. The zero-order valence-corrected chi connectivity index (χ0v) is 18.9. The maximum atomic E-state index is 12.9. The number of amides is 1. The molecule has 0 fully saturated rings. The summed E-state index contributed by atoms with van der Waals surface area (Å²) in [7, 11) is -3.63. The van der Waals surface area contributed by atoms with Gasteiger partial charge in [0, 0.05) is 12.1 Å². The Labute approximate surface area is 178 Å². The Hall–Kier alpha value is -2.67. The number of carbonyl (C=O) groups is 1. The van der Waals surface area contributed by atoms with Crippen molar-refractivity contribution < 1.29 is 13.2 Å². The fourth-order valence-electron chi connectivity index (χ4n) is 3.64. The van der Waals surface area contributed by atoms with Gasteiger partial charge in [-0.2, -0.15) is 0 Å². The van der Waals surface area contributed by atoms with Crippen LogP contribution < -0.4 is 10.0 Å². The number of benzene rings is 2. The summed E-state index contributed by atoms with van der Waals surface area (Å²) in [6, 6.07) is 12.3. The molecule has 1 heterocycles. The third-order valence-corrected chi connectivity index (χ3v) is 6.78. The summed E-state index contributed by atoms with van der Waals surface area (Å²) >= 11 is 0. The summed E-state index contributed by atoms with van der Waals surface area (Å²) in [4.78, 5) is 17.6. The lowest BCUT2D eigenvalue weighted by atomic mass is 9.94. The first-order valence-electron chi connectivity index (χ1n) is 10.1. The molecule has 0 aliphatic carbocycles. The highest BCUT2D eigenvalue weighted by atomic mass is 32.2. The molecule has 1 amide bonds.